The molecular formula is C7H3FN2O2. The van der Waals surface area contributed by atoms with Crippen molar-refractivity contribution in [3.63, 3.8) is 0 Å². The van der Waals surface area contributed by atoms with Crippen molar-refractivity contribution in [1.29, 1.82) is 5.26 Å². The Hall–Kier alpha value is -1.96. The molecule has 0 amide bonds. The van der Waals surface area contributed by atoms with Crippen LogP contribution in [0.2, 0.25) is 0 Å². The van der Waals surface area contributed by atoms with Crippen molar-refractivity contribution in [3.8, 4) is 6.07 Å². The Bertz CT molecular complexity index is 370. The van der Waals surface area contributed by atoms with E-state index in [2.05, 4.69) is 4.98 Å². The van der Waals surface area contributed by atoms with Crippen LogP contribution in [-0.4, -0.2) is 16.1 Å². The van der Waals surface area contributed by atoms with Gasteiger partial charge in [0.05, 0.1) is 5.56 Å². The third kappa shape index (κ3) is 1.37. The van der Waals surface area contributed by atoms with Gasteiger partial charge in [-0.05, 0) is 6.07 Å². The second-order valence-electron chi connectivity index (χ2n) is 1.98. The predicted molar refractivity (Wildman–Crippen MR) is 35.9 cm³/mol. The lowest BCUT2D eigenvalue weighted by atomic mass is 10.2. The van der Waals surface area contributed by atoms with Crippen LogP contribution in [0.15, 0.2) is 12.3 Å². The van der Waals surface area contributed by atoms with E-state index in [1.54, 1.807) is 6.07 Å². The molecule has 1 aromatic heterocycles. The van der Waals surface area contributed by atoms with Gasteiger partial charge in [-0.2, -0.15) is 9.65 Å². The molecule has 1 heterocycles. The average molecular weight is 166 g/mol. The van der Waals surface area contributed by atoms with Gasteiger partial charge in [0.25, 0.3) is 0 Å². The van der Waals surface area contributed by atoms with Gasteiger partial charge in [-0.25, -0.2) is 9.78 Å². The molecule has 0 radical (unpaired) electrons. The molecule has 4 nitrogen and oxygen atoms in total. The fourth-order valence-electron chi connectivity index (χ4n) is 0.659. The Morgan fingerprint density at radius 3 is 2.92 bits per heavy atom. The highest BCUT2D eigenvalue weighted by molar-refractivity contribution is 5.87. The molecule has 0 unspecified atom stereocenters. The van der Waals surface area contributed by atoms with Crippen LogP contribution >= 0.6 is 0 Å². The quantitative estimate of drug-likeness (QED) is 0.626. The van der Waals surface area contributed by atoms with Crippen molar-refractivity contribution in [2.45, 2.75) is 0 Å². The minimum absolute atomic E-state index is 0.0220. The maximum Gasteiger partial charge on any atom is 0.340 e. The molecule has 60 valence electrons. The molecule has 5 heteroatoms. The zero-order valence-corrected chi connectivity index (χ0v) is 5.78. The van der Waals surface area contributed by atoms with Crippen LogP contribution in [0.5, 0.6) is 0 Å². The molecule has 0 fully saturated rings. The number of nitriles is 1. The first-order chi connectivity index (χ1) is 5.65. The molecule has 1 N–H and O–H groups in total. The number of carboxylic acids is 1. The summed E-state index contributed by atoms with van der Waals surface area (Å²) in [7, 11) is 0. The fourth-order valence-corrected chi connectivity index (χ4v) is 0.659. The van der Waals surface area contributed by atoms with E-state index < -0.39 is 17.5 Å². The summed E-state index contributed by atoms with van der Waals surface area (Å²) in [4.78, 5) is 13.4. The van der Waals surface area contributed by atoms with Crippen LogP contribution in [-0.2, 0) is 0 Å². The van der Waals surface area contributed by atoms with E-state index in [9.17, 15) is 9.18 Å². The third-order valence-electron chi connectivity index (χ3n) is 1.20. The molecule has 0 saturated heterocycles. The first-order valence-electron chi connectivity index (χ1n) is 2.94. The van der Waals surface area contributed by atoms with Crippen LogP contribution in [0.4, 0.5) is 4.39 Å². The Labute approximate surface area is 66.9 Å². The van der Waals surface area contributed by atoms with Gasteiger partial charge >= 0.3 is 5.97 Å². The van der Waals surface area contributed by atoms with Gasteiger partial charge < -0.3 is 5.11 Å². The number of hydrogen-bond donors (Lipinski definition) is 1. The summed E-state index contributed by atoms with van der Waals surface area (Å²) in [5.74, 6) is -2.52. The van der Waals surface area contributed by atoms with E-state index >= 15 is 0 Å². The molecule has 1 aromatic rings. The summed E-state index contributed by atoms with van der Waals surface area (Å²) >= 11 is 0. The normalized spacial score (nSPS) is 9.00. The SMILES string of the molecule is N#Cc1cnc(F)c(C(=O)O)c1. The Kier molecular flexibility index (Phi) is 2.01. The van der Waals surface area contributed by atoms with Crippen LogP contribution in [0.1, 0.15) is 15.9 Å². The molecule has 0 atom stereocenters. The number of carboxylic acid groups (broad SMARTS) is 1. The second kappa shape index (κ2) is 2.96. The summed E-state index contributed by atoms with van der Waals surface area (Å²) in [6.45, 7) is 0. The lowest BCUT2D eigenvalue weighted by molar-refractivity contribution is 0.0690. The standard InChI is InChI=1S/C7H3FN2O2/c8-6-5(7(11)12)1-4(2-9)3-10-6/h1,3H,(H,11,12). The van der Waals surface area contributed by atoms with Crippen LogP contribution in [0.3, 0.4) is 0 Å². The predicted octanol–water partition coefficient (Wildman–Crippen LogP) is 0.791. The van der Waals surface area contributed by atoms with Gasteiger partial charge in [-0.3, -0.25) is 0 Å². The number of nitrogens with zero attached hydrogens (tertiary/aromatic N) is 2. The van der Waals surface area contributed by atoms with E-state index in [4.69, 9.17) is 10.4 Å². The largest absolute Gasteiger partial charge is 0.478 e. The molecular weight excluding hydrogens is 163 g/mol. The van der Waals surface area contributed by atoms with Crippen molar-refractivity contribution >= 4 is 5.97 Å². The topological polar surface area (TPSA) is 74.0 Å². The second-order valence-corrected chi connectivity index (χ2v) is 1.98. The Morgan fingerprint density at radius 2 is 2.42 bits per heavy atom. The van der Waals surface area contributed by atoms with E-state index in [1.807, 2.05) is 0 Å². The van der Waals surface area contributed by atoms with Crippen molar-refractivity contribution in [2.24, 2.45) is 0 Å². The monoisotopic (exact) mass is 166 g/mol. The molecule has 0 saturated carbocycles. The summed E-state index contributed by atoms with van der Waals surface area (Å²) in [6, 6.07) is 2.59. The van der Waals surface area contributed by atoms with Crippen molar-refractivity contribution in [2.75, 3.05) is 0 Å². The maximum atomic E-state index is 12.6. The number of rotatable bonds is 1. The summed E-state index contributed by atoms with van der Waals surface area (Å²) in [5, 5.41) is 16.7. The maximum absolute atomic E-state index is 12.6. The number of aromatic nitrogens is 1. The Balaban J connectivity index is 3.28. The summed E-state index contributed by atoms with van der Waals surface area (Å²) in [5.41, 5.74) is -0.567. The summed E-state index contributed by atoms with van der Waals surface area (Å²) < 4.78 is 12.6. The van der Waals surface area contributed by atoms with Gasteiger partial charge in [-0.1, -0.05) is 0 Å². The Morgan fingerprint density at radius 1 is 1.75 bits per heavy atom. The minimum Gasteiger partial charge on any atom is -0.478 e. The minimum atomic E-state index is -1.43. The fraction of sp³-hybridized carbons (Fsp3) is 0. The van der Waals surface area contributed by atoms with E-state index in [0.717, 1.165) is 12.3 Å². The number of aromatic carboxylic acids is 1. The van der Waals surface area contributed by atoms with Gasteiger partial charge in [0.2, 0.25) is 5.95 Å². The highest BCUT2D eigenvalue weighted by Crippen LogP contribution is 2.06. The smallest absolute Gasteiger partial charge is 0.340 e. The third-order valence-corrected chi connectivity index (χ3v) is 1.20. The lowest BCUT2D eigenvalue weighted by Gasteiger charge is -1.94. The number of pyridine rings is 1. The van der Waals surface area contributed by atoms with Crippen molar-refractivity contribution in [3.05, 3.63) is 29.3 Å². The summed E-state index contributed by atoms with van der Waals surface area (Å²) in [6.07, 6.45) is 0.974. The van der Waals surface area contributed by atoms with Gasteiger partial charge in [-0.15, -0.1) is 0 Å². The highest BCUT2D eigenvalue weighted by Gasteiger charge is 2.11. The van der Waals surface area contributed by atoms with Crippen LogP contribution in [0.25, 0.3) is 0 Å². The van der Waals surface area contributed by atoms with E-state index in [-0.39, 0.29) is 5.56 Å². The van der Waals surface area contributed by atoms with Crippen LogP contribution < -0.4 is 0 Å². The molecule has 12 heavy (non-hydrogen) atoms. The number of halogens is 1. The van der Waals surface area contributed by atoms with Crippen LogP contribution in [0, 0.1) is 17.3 Å². The molecule has 0 aliphatic carbocycles. The lowest BCUT2D eigenvalue weighted by Crippen LogP contribution is -2.02. The zero-order valence-electron chi connectivity index (χ0n) is 5.78. The average Bonchev–Trinajstić information content (AvgIpc) is 2.05. The zero-order chi connectivity index (χ0) is 9.14. The molecule has 0 aliphatic rings. The van der Waals surface area contributed by atoms with E-state index in [0.29, 0.717) is 0 Å². The van der Waals surface area contributed by atoms with Gasteiger partial charge in [0.1, 0.15) is 11.6 Å². The molecule has 0 aliphatic heterocycles. The molecule has 0 spiro atoms. The number of carbonyl (C=O) groups is 1. The van der Waals surface area contributed by atoms with Crippen molar-refractivity contribution in [1.82, 2.24) is 4.98 Å². The van der Waals surface area contributed by atoms with E-state index in [1.165, 1.54) is 0 Å². The molecule has 0 aromatic carbocycles. The van der Waals surface area contributed by atoms with Gasteiger partial charge in [0, 0.05) is 6.20 Å². The number of hydrogen-bond acceptors (Lipinski definition) is 3. The molecule has 1 rings (SSSR count). The van der Waals surface area contributed by atoms with Gasteiger partial charge in [0.15, 0.2) is 0 Å². The highest BCUT2D eigenvalue weighted by atomic mass is 19.1. The first kappa shape index (κ1) is 8.14. The first-order valence-corrected chi connectivity index (χ1v) is 2.94. The molecule has 0 bridgehead atoms. The van der Waals surface area contributed by atoms with Crippen molar-refractivity contribution < 1.29 is 14.3 Å².